The fraction of sp³-hybridized carbons (Fsp3) is 0.400. The standard InChI is InChI=1S/C10H10BrN3S2/c11-6-3-8-9(12-4-6)14(10(15)13-8)7-1-2-16-5-7/h3-4,7H,1-2,5H2,(H,13,15). The molecule has 1 N–H and O–H groups in total. The van der Waals surface area contributed by atoms with Crippen molar-refractivity contribution in [1.82, 2.24) is 14.5 Å². The number of aromatic amines is 1. The molecule has 0 saturated carbocycles. The average molecular weight is 316 g/mol. The summed E-state index contributed by atoms with van der Waals surface area (Å²) in [5.74, 6) is 2.36. The van der Waals surface area contributed by atoms with E-state index in [-0.39, 0.29) is 0 Å². The number of H-pyrrole nitrogens is 1. The number of nitrogens with one attached hydrogen (secondary N) is 1. The maximum absolute atomic E-state index is 5.38. The minimum Gasteiger partial charge on any atom is -0.329 e. The normalized spacial score (nSPS) is 20.7. The zero-order valence-electron chi connectivity index (χ0n) is 8.44. The number of thioether (sulfide) groups is 1. The van der Waals surface area contributed by atoms with Crippen LogP contribution in [0.2, 0.25) is 0 Å². The SMILES string of the molecule is S=c1[nH]c2cc(Br)cnc2n1C1CCSC1. The van der Waals surface area contributed by atoms with Crippen molar-refractivity contribution in [3.8, 4) is 0 Å². The van der Waals surface area contributed by atoms with Gasteiger partial charge in [0, 0.05) is 22.5 Å². The molecule has 1 unspecified atom stereocenters. The quantitative estimate of drug-likeness (QED) is 0.817. The van der Waals surface area contributed by atoms with Gasteiger partial charge in [0.1, 0.15) is 0 Å². The second kappa shape index (κ2) is 4.16. The van der Waals surface area contributed by atoms with Crippen molar-refractivity contribution in [2.45, 2.75) is 12.5 Å². The highest BCUT2D eigenvalue weighted by atomic mass is 79.9. The first kappa shape index (κ1) is 10.8. The van der Waals surface area contributed by atoms with Crippen LogP contribution in [0.3, 0.4) is 0 Å². The van der Waals surface area contributed by atoms with Gasteiger partial charge in [-0.25, -0.2) is 4.98 Å². The Balaban J connectivity index is 2.23. The summed E-state index contributed by atoms with van der Waals surface area (Å²) in [6.45, 7) is 0. The topological polar surface area (TPSA) is 33.6 Å². The minimum atomic E-state index is 0.500. The molecule has 0 aromatic carbocycles. The summed E-state index contributed by atoms with van der Waals surface area (Å²) >= 11 is 10.8. The Kier molecular flexibility index (Phi) is 2.81. The van der Waals surface area contributed by atoms with Crippen molar-refractivity contribution < 1.29 is 0 Å². The van der Waals surface area contributed by atoms with Crippen molar-refractivity contribution >= 4 is 51.1 Å². The summed E-state index contributed by atoms with van der Waals surface area (Å²) in [5, 5.41) is 0. The maximum Gasteiger partial charge on any atom is 0.179 e. The van der Waals surface area contributed by atoms with E-state index < -0.39 is 0 Å². The summed E-state index contributed by atoms with van der Waals surface area (Å²) < 4.78 is 3.93. The molecule has 1 aliphatic heterocycles. The van der Waals surface area contributed by atoms with Crippen molar-refractivity contribution in [1.29, 1.82) is 0 Å². The van der Waals surface area contributed by atoms with Gasteiger partial charge in [0.05, 0.1) is 5.52 Å². The second-order valence-corrected chi connectivity index (χ2v) is 6.29. The number of hydrogen-bond acceptors (Lipinski definition) is 3. The van der Waals surface area contributed by atoms with Crippen LogP contribution < -0.4 is 0 Å². The summed E-state index contributed by atoms with van der Waals surface area (Å²) in [5.41, 5.74) is 1.98. The Morgan fingerprint density at radius 1 is 1.62 bits per heavy atom. The highest BCUT2D eigenvalue weighted by Gasteiger charge is 2.20. The molecule has 0 spiro atoms. The van der Waals surface area contributed by atoms with E-state index in [0.717, 1.165) is 26.2 Å². The smallest absolute Gasteiger partial charge is 0.179 e. The molecule has 6 heteroatoms. The van der Waals surface area contributed by atoms with E-state index in [2.05, 4.69) is 30.5 Å². The number of imidazole rings is 1. The van der Waals surface area contributed by atoms with Gasteiger partial charge in [-0.2, -0.15) is 11.8 Å². The Morgan fingerprint density at radius 2 is 2.50 bits per heavy atom. The Hall–Kier alpha value is -0.330. The molecule has 84 valence electrons. The van der Waals surface area contributed by atoms with Crippen LogP contribution in [0.15, 0.2) is 16.7 Å². The summed E-state index contributed by atoms with van der Waals surface area (Å²) in [7, 11) is 0. The van der Waals surface area contributed by atoms with Gasteiger partial charge in [0.25, 0.3) is 0 Å². The van der Waals surface area contributed by atoms with Gasteiger partial charge in [-0.1, -0.05) is 0 Å². The van der Waals surface area contributed by atoms with Gasteiger partial charge < -0.3 is 4.98 Å². The fourth-order valence-electron chi connectivity index (χ4n) is 2.05. The van der Waals surface area contributed by atoms with E-state index in [1.54, 1.807) is 0 Å². The molecule has 2 aromatic heterocycles. The van der Waals surface area contributed by atoms with E-state index in [1.165, 1.54) is 12.2 Å². The van der Waals surface area contributed by atoms with E-state index in [4.69, 9.17) is 12.2 Å². The van der Waals surface area contributed by atoms with Crippen LogP contribution in [0.4, 0.5) is 0 Å². The molecule has 16 heavy (non-hydrogen) atoms. The fourth-order valence-corrected chi connectivity index (χ4v) is 3.92. The number of rotatable bonds is 1. The van der Waals surface area contributed by atoms with Crippen molar-refractivity contribution in [3.05, 3.63) is 21.5 Å². The number of aromatic nitrogens is 3. The molecular formula is C10H10BrN3S2. The Morgan fingerprint density at radius 3 is 3.25 bits per heavy atom. The van der Waals surface area contributed by atoms with Gasteiger partial charge in [-0.3, -0.25) is 4.57 Å². The lowest BCUT2D eigenvalue weighted by Gasteiger charge is -2.10. The zero-order chi connectivity index (χ0) is 11.1. The number of hydrogen-bond donors (Lipinski definition) is 1. The van der Waals surface area contributed by atoms with E-state index in [1.807, 2.05) is 24.0 Å². The van der Waals surface area contributed by atoms with Crippen LogP contribution in [0.25, 0.3) is 11.2 Å². The zero-order valence-corrected chi connectivity index (χ0v) is 11.7. The van der Waals surface area contributed by atoms with Crippen molar-refractivity contribution in [3.63, 3.8) is 0 Å². The largest absolute Gasteiger partial charge is 0.329 e. The lowest BCUT2D eigenvalue weighted by Crippen LogP contribution is -2.08. The number of fused-ring (bicyclic) bond motifs is 1. The molecule has 2 aromatic rings. The summed E-state index contributed by atoms with van der Waals surface area (Å²) in [4.78, 5) is 7.68. The molecule has 3 rings (SSSR count). The lowest BCUT2D eigenvalue weighted by atomic mass is 10.2. The molecule has 0 amide bonds. The third-order valence-corrected chi connectivity index (χ3v) is 4.67. The molecule has 0 radical (unpaired) electrons. The average Bonchev–Trinajstić information content (AvgIpc) is 2.83. The highest BCUT2D eigenvalue weighted by Crippen LogP contribution is 2.30. The molecule has 1 fully saturated rings. The number of halogens is 1. The summed E-state index contributed by atoms with van der Waals surface area (Å²) in [6, 6.07) is 2.52. The summed E-state index contributed by atoms with van der Waals surface area (Å²) in [6.07, 6.45) is 3.01. The molecule has 1 aliphatic rings. The first-order valence-electron chi connectivity index (χ1n) is 5.09. The van der Waals surface area contributed by atoms with Crippen LogP contribution in [0.1, 0.15) is 12.5 Å². The van der Waals surface area contributed by atoms with Crippen LogP contribution >= 0.6 is 39.9 Å². The Bertz CT molecular complexity index is 583. The van der Waals surface area contributed by atoms with Gasteiger partial charge in [0.2, 0.25) is 0 Å². The highest BCUT2D eigenvalue weighted by molar-refractivity contribution is 9.10. The molecular weight excluding hydrogens is 306 g/mol. The molecule has 3 heterocycles. The maximum atomic E-state index is 5.38. The van der Waals surface area contributed by atoms with E-state index in [9.17, 15) is 0 Å². The minimum absolute atomic E-state index is 0.500. The van der Waals surface area contributed by atoms with E-state index in [0.29, 0.717) is 6.04 Å². The third-order valence-electron chi connectivity index (χ3n) is 2.79. The van der Waals surface area contributed by atoms with Crippen molar-refractivity contribution in [2.24, 2.45) is 0 Å². The molecule has 0 bridgehead atoms. The second-order valence-electron chi connectivity index (χ2n) is 3.84. The van der Waals surface area contributed by atoms with Gasteiger partial charge in [-0.05, 0) is 46.4 Å². The first-order chi connectivity index (χ1) is 7.75. The van der Waals surface area contributed by atoms with Gasteiger partial charge in [0.15, 0.2) is 10.4 Å². The Labute approximate surface area is 111 Å². The molecule has 1 atom stereocenters. The third kappa shape index (κ3) is 1.72. The molecule has 1 saturated heterocycles. The predicted octanol–water partition coefficient (Wildman–Crippen LogP) is 3.53. The van der Waals surface area contributed by atoms with Gasteiger partial charge in [-0.15, -0.1) is 0 Å². The van der Waals surface area contributed by atoms with Crippen LogP contribution in [-0.2, 0) is 0 Å². The van der Waals surface area contributed by atoms with Crippen LogP contribution in [-0.4, -0.2) is 26.0 Å². The first-order valence-corrected chi connectivity index (χ1v) is 7.45. The van der Waals surface area contributed by atoms with Crippen LogP contribution in [0, 0.1) is 4.77 Å². The van der Waals surface area contributed by atoms with Crippen molar-refractivity contribution in [2.75, 3.05) is 11.5 Å². The number of nitrogens with zero attached hydrogens (tertiary/aromatic N) is 2. The molecule has 0 aliphatic carbocycles. The monoisotopic (exact) mass is 315 g/mol. The predicted molar refractivity (Wildman–Crippen MR) is 73.6 cm³/mol. The number of pyridine rings is 1. The van der Waals surface area contributed by atoms with Gasteiger partial charge >= 0.3 is 0 Å². The van der Waals surface area contributed by atoms with E-state index >= 15 is 0 Å². The van der Waals surface area contributed by atoms with Crippen LogP contribution in [0.5, 0.6) is 0 Å². The molecule has 3 nitrogen and oxygen atoms in total. The lowest BCUT2D eigenvalue weighted by molar-refractivity contribution is 0.565.